The van der Waals surface area contributed by atoms with Crippen molar-refractivity contribution >= 4 is 15.7 Å². The molecule has 0 aliphatic rings. The second-order valence-electron chi connectivity index (χ2n) is 5.24. The number of hydrogen-bond acceptors (Lipinski definition) is 4. The first kappa shape index (κ1) is 18.8. The highest BCUT2D eigenvalue weighted by Crippen LogP contribution is 2.25. The summed E-state index contributed by atoms with van der Waals surface area (Å²) in [6, 6.07) is 10.3. The van der Waals surface area contributed by atoms with Crippen molar-refractivity contribution in [3.05, 3.63) is 59.7 Å². The predicted octanol–water partition coefficient (Wildman–Crippen LogP) is 2.59. The van der Waals surface area contributed by atoms with Gasteiger partial charge in [0.2, 0.25) is 5.91 Å². The number of primary amides is 1. The van der Waals surface area contributed by atoms with Crippen LogP contribution < -0.4 is 10.5 Å². The number of nitrogens with two attached hydrogens (primary N) is 1. The number of carbonyl (C=O) groups excluding carboxylic acids is 1. The van der Waals surface area contributed by atoms with E-state index >= 15 is 0 Å². The maximum Gasteiger partial charge on any atom is 0.573 e. The monoisotopic (exact) mass is 373 g/mol. The quantitative estimate of drug-likeness (QED) is 0.843. The van der Waals surface area contributed by atoms with Gasteiger partial charge in [0.25, 0.3) is 0 Å². The Balaban J connectivity index is 2.12. The van der Waals surface area contributed by atoms with Gasteiger partial charge in [-0.1, -0.05) is 24.3 Å². The van der Waals surface area contributed by atoms with Gasteiger partial charge in [0, 0.05) is 0 Å². The Kier molecular flexibility index (Phi) is 5.36. The molecule has 2 aromatic carbocycles. The van der Waals surface area contributed by atoms with Gasteiger partial charge in [-0.25, -0.2) is 8.42 Å². The first-order chi connectivity index (χ1) is 11.5. The molecule has 2 rings (SSSR count). The maximum atomic E-state index is 12.3. The fourth-order valence-electron chi connectivity index (χ4n) is 2.11. The second-order valence-corrected chi connectivity index (χ2v) is 7.23. The molecule has 134 valence electrons. The van der Waals surface area contributed by atoms with Crippen LogP contribution in [0.1, 0.15) is 11.1 Å². The molecular weight excluding hydrogens is 359 g/mol. The third-order valence-electron chi connectivity index (χ3n) is 3.17. The molecule has 9 heteroatoms. The number of carbonyl (C=O) groups is 1. The Morgan fingerprint density at radius 2 is 1.48 bits per heavy atom. The standard InChI is InChI=1S/C16H14F3NO4S/c17-16(18,19)24-13-5-7-14(8-6-13)25(22,23)10-12-3-1-11(2-4-12)9-15(20)21/h1-8H,9-10H2,(H2,20,21). The van der Waals surface area contributed by atoms with Gasteiger partial charge in [-0.2, -0.15) is 0 Å². The predicted molar refractivity (Wildman–Crippen MR) is 83.4 cm³/mol. The minimum atomic E-state index is -4.84. The van der Waals surface area contributed by atoms with Crippen LogP contribution in [-0.4, -0.2) is 20.7 Å². The van der Waals surface area contributed by atoms with Crippen LogP contribution in [0, 0.1) is 0 Å². The molecule has 0 saturated carbocycles. The highest BCUT2D eigenvalue weighted by Gasteiger charge is 2.31. The Hall–Kier alpha value is -2.55. The average molecular weight is 373 g/mol. The number of ether oxygens (including phenoxy) is 1. The average Bonchev–Trinajstić information content (AvgIpc) is 2.47. The molecule has 0 bridgehead atoms. The van der Waals surface area contributed by atoms with Crippen molar-refractivity contribution in [2.75, 3.05) is 0 Å². The van der Waals surface area contributed by atoms with E-state index in [1.54, 1.807) is 24.3 Å². The number of benzene rings is 2. The summed E-state index contributed by atoms with van der Waals surface area (Å²) in [5.74, 6) is -1.33. The highest BCUT2D eigenvalue weighted by molar-refractivity contribution is 7.90. The topological polar surface area (TPSA) is 86.5 Å². The van der Waals surface area contributed by atoms with Crippen LogP contribution in [0.25, 0.3) is 0 Å². The Bertz CT molecular complexity index is 844. The Morgan fingerprint density at radius 1 is 0.960 bits per heavy atom. The summed E-state index contributed by atoms with van der Waals surface area (Å²) in [4.78, 5) is 10.7. The van der Waals surface area contributed by atoms with Crippen LogP contribution in [0.15, 0.2) is 53.4 Å². The van der Waals surface area contributed by atoms with Crippen molar-refractivity contribution < 1.29 is 31.1 Å². The van der Waals surface area contributed by atoms with E-state index in [0.717, 1.165) is 24.3 Å². The van der Waals surface area contributed by atoms with E-state index in [4.69, 9.17) is 5.73 Å². The van der Waals surface area contributed by atoms with E-state index in [9.17, 15) is 26.4 Å². The fraction of sp³-hybridized carbons (Fsp3) is 0.188. The largest absolute Gasteiger partial charge is 0.573 e. The van der Waals surface area contributed by atoms with E-state index in [1.165, 1.54) is 0 Å². The van der Waals surface area contributed by atoms with Crippen molar-refractivity contribution in [3.8, 4) is 5.75 Å². The van der Waals surface area contributed by atoms with Crippen LogP contribution >= 0.6 is 0 Å². The molecule has 0 aromatic heterocycles. The molecule has 25 heavy (non-hydrogen) atoms. The van der Waals surface area contributed by atoms with E-state index < -0.39 is 27.9 Å². The van der Waals surface area contributed by atoms with Crippen molar-refractivity contribution in [2.24, 2.45) is 5.73 Å². The second kappa shape index (κ2) is 7.14. The first-order valence-electron chi connectivity index (χ1n) is 7.00. The fourth-order valence-corrected chi connectivity index (χ4v) is 3.45. The summed E-state index contributed by atoms with van der Waals surface area (Å²) in [6.45, 7) is 0. The third-order valence-corrected chi connectivity index (χ3v) is 4.88. The molecular formula is C16H14F3NO4S. The molecule has 2 N–H and O–H groups in total. The minimum Gasteiger partial charge on any atom is -0.406 e. The minimum absolute atomic E-state index is 0.0493. The number of halogens is 3. The molecule has 0 saturated heterocycles. The molecule has 0 radical (unpaired) electrons. The van der Waals surface area contributed by atoms with Crippen LogP contribution in [-0.2, 0) is 26.8 Å². The molecule has 0 aliphatic heterocycles. The Morgan fingerprint density at radius 3 is 1.96 bits per heavy atom. The van der Waals surface area contributed by atoms with E-state index in [2.05, 4.69) is 4.74 Å². The lowest BCUT2D eigenvalue weighted by atomic mass is 10.1. The van der Waals surface area contributed by atoms with E-state index in [0.29, 0.717) is 11.1 Å². The van der Waals surface area contributed by atoms with Gasteiger partial charge in [0.05, 0.1) is 17.1 Å². The molecule has 2 aromatic rings. The third kappa shape index (κ3) is 5.79. The van der Waals surface area contributed by atoms with Gasteiger partial charge in [-0.15, -0.1) is 13.2 Å². The number of alkyl halides is 3. The van der Waals surface area contributed by atoms with Gasteiger partial charge in [-0.05, 0) is 35.4 Å². The lowest BCUT2D eigenvalue weighted by molar-refractivity contribution is -0.274. The van der Waals surface area contributed by atoms with Gasteiger partial charge in [0.15, 0.2) is 9.84 Å². The molecule has 0 unspecified atom stereocenters. The van der Waals surface area contributed by atoms with Crippen molar-refractivity contribution in [3.63, 3.8) is 0 Å². The Labute approximate surface area is 142 Å². The summed E-state index contributed by atoms with van der Waals surface area (Å²) in [5, 5.41) is 0. The normalized spacial score (nSPS) is 12.0. The smallest absolute Gasteiger partial charge is 0.406 e. The van der Waals surface area contributed by atoms with Crippen LogP contribution in [0.3, 0.4) is 0 Å². The molecule has 0 aliphatic carbocycles. The van der Waals surface area contributed by atoms with E-state index in [1.807, 2.05) is 0 Å². The van der Waals surface area contributed by atoms with Crippen molar-refractivity contribution in [1.82, 2.24) is 0 Å². The molecule has 0 fully saturated rings. The van der Waals surface area contributed by atoms with Crippen LogP contribution in [0.2, 0.25) is 0 Å². The van der Waals surface area contributed by atoms with Gasteiger partial charge >= 0.3 is 6.36 Å². The lowest BCUT2D eigenvalue weighted by Crippen LogP contribution is -2.17. The zero-order valence-electron chi connectivity index (χ0n) is 12.8. The molecule has 0 spiro atoms. The van der Waals surface area contributed by atoms with Gasteiger partial charge < -0.3 is 10.5 Å². The first-order valence-corrected chi connectivity index (χ1v) is 8.65. The lowest BCUT2D eigenvalue weighted by Gasteiger charge is -2.10. The summed E-state index contributed by atoms with van der Waals surface area (Å²) >= 11 is 0. The SMILES string of the molecule is NC(=O)Cc1ccc(CS(=O)(=O)c2ccc(OC(F)(F)F)cc2)cc1. The molecule has 0 atom stereocenters. The van der Waals surface area contributed by atoms with Crippen molar-refractivity contribution in [1.29, 1.82) is 0 Å². The van der Waals surface area contributed by atoms with Gasteiger partial charge in [0.1, 0.15) is 5.75 Å². The number of hydrogen-bond donors (Lipinski definition) is 1. The van der Waals surface area contributed by atoms with Gasteiger partial charge in [-0.3, -0.25) is 4.79 Å². The summed E-state index contributed by atoms with van der Waals surface area (Å²) < 4.78 is 64.7. The molecule has 1 amide bonds. The summed E-state index contributed by atoms with van der Waals surface area (Å²) in [7, 11) is -3.74. The summed E-state index contributed by atoms with van der Waals surface area (Å²) in [6.07, 6.45) is -4.79. The number of rotatable bonds is 6. The van der Waals surface area contributed by atoms with Crippen LogP contribution in [0.4, 0.5) is 13.2 Å². The maximum absolute atomic E-state index is 12.3. The zero-order valence-corrected chi connectivity index (χ0v) is 13.6. The molecule has 0 heterocycles. The number of sulfone groups is 1. The van der Waals surface area contributed by atoms with E-state index in [-0.39, 0.29) is 17.1 Å². The van der Waals surface area contributed by atoms with Crippen LogP contribution in [0.5, 0.6) is 5.75 Å². The number of amides is 1. The molecule has 5 nitrogen and oxygen atoms in total. The summed E-state index contributed by atoms with van der Waals surface area (Å²) in [5.41, 5.74) is 6.21. The zero-order chi connectivity index (χ0) is 18.7. The van der Waals surface area contributed by atoms with Crippen molar-refractivity contribution in [2.45, 2.75) is 23.4 Å². The highest BCUT2D eigenvalue weighted by atomic mass is 32.2.